The summed E-state index contributed by atoms with van der Waals surface area (Å²) in [5.41, 5.74) is 1.07. The van der Waals surface area contributed by atoms with Crippen molar-refractivity contribution >= 4 is 5.91 Å². The second-order valence-electron chi connectivity index (χ2n) is 5.97. The van der Waals surface area contributed by atoms with Crippen LogP contribution in [0.15, 0.2) is 18.2 Å². The van der Waals surface area contributed by atoms with E-state index in [4.69, 9.17) is 9.47 Å². The molecular formula is C18H28N2O3. The Bertz CT molecular complexity index is 529. The molecule has 0 bridgehead atoms. The Morgan fingerprint density at radius 1 is 1.17 bits per heavy atom. The van der Waals surface area contributed by atoms with Crippen LogP contribution in [0.4, 0.5) is 0 Å². The van der Waals surface area contributed by atoms with Gasteiger partial charge in [-0.3, -0.25) is 10.1 Å². The third-order valence-corrected chi connectivity index (χ3v) is 3.88. The van der Waals surface area contributed by atoms with Gasteiger partial charge in [-0.2, -0.15) is 0 Å². The molecule has 0 heterocycles. The summed E-state index contributed by atoms with van der Waals surface area (Å²) in [5, 5.41) is 6.36. The van der Waals surface area contributed by atoms with Crippen LogP contribution in [0, 0.1) is 0 Å². The van der Waals surface area contributed by atoms with E-state index in [1.54, 1.807) is 0 Å². The average Bonchev–Trinajstić information content (AvgIpc) is 3.33. The molecule has 1 fully saturated rings. The molecule has 1 aromatic rings. The van der Waals surface area contributed by atoms with Gasteiger partial charge >= 0.3 is 0 Å². The van der Waals surface area contributed by atoms with Gasteiger partial charge < -0.3 is 14.8 Å². The van der Waals surface area contributed by atoms with E-state index in [0.29, 0.717) is 19.3 Å². The lowest BCUT2D eigenvalue weighted by molar-refractivity contribution is -0.123. The van der Waals surface area contributed by atoms with E-state index in [2.05, 4.69) is 10.6 Å². The summed E-state index contributed by atoms with van der Waals surface area (Å²) < 4.78 is 11.2. The van der Waals surface area contributed by atoms with Crippen molar-refractivity contribution in [3.8, 4) is 11.5 Å². The molecule has 0 aromatic heterocycles. The maximum absolute atomic E-state index is 12.1. The zero-order valence-corrected chi connectivity index (χ0v) is 14.5. The number of hydrogen-bond donors (Lipinski definition) is 2. The third-order valence-electron chi connectivity index (χ3n) is 3.88. The average molecular weight is 320 g/mol. The van der Waals surface area contributed by atoms with Gasteiger partial charge in [0, 0.05) is 12.1 Å². The number of amides is 1. The largest absolute Gasteiger partial charge is 0.490 e. The molecule has 128 valence electrons. The smallest absolute Gasteiger partial charge is 0.237 e. The van der Waals surface area contributed by atoms with Crippen molar-refractivity contribution in [1.29, 1.82) is 0 Å². The van der Waals surface area contributed by atoms with Crippen LogP contribution >= 0.6 is 0 Å². The van der Waals surface area contributed by atoms with E-state index in [0.717, 1.165) is 29.9 Å². The van der Waals surface area contributed by atoms with Crippen molar-refractivity contribution in [1.82, 2.24) is 10.6 Å². The van der Waals surface area contributed by atoms with E-state index in [1.807, 2.05) is 45.9 Å². The Morgan fingerprint density at radius 2 is 1.83 bits per heavy atom. The van der Waals surface area contributed by atoms with Crippen LogP contribution in [0.2, 0.25) is 0 Å². The zero-order chi connectivity index (χ0) is 16.8. The fourth-order valence-corrected chi connectivity index (χ4v) is 2.44. The number of carbonyl (C=O) groups is 1. The molecule has 0 aliphatic heterocycles. The molecule has 1 saturated carbocycles. The lowest BCUT2D eigenvalue weighted by Crippen LogP contribution is -2.43. The molecule has 1 amide bonds. The predicted molar refractivity (Wildman–Crippen MR) is 91.0 cm³/mol. The molecule has 0 saturated heterocycles. The SMILES string of the molecule is CCOc1ccc([C@@H](C)N[C@@H](C)C(=O)NC2CC2)cc1OCC. The van der Waals surface area contributed by atoms with Crippen LogP contribution in [-0.4, -0.2) is 31.2 Å². The summed E-state index contributed by atoms with van der Waals surface area (Å²) >= 11 is 0. The Labute approximate surface area is 138 Å². The monoisotopic (exact) mass is 320 g/mol. The maximum atomic E-state index is 12.1. The molecule has 2 rings (SSSR count). The highest BCUT2D eigenvalue weighted by Gasteiger charge is 2.26. The van der Waals surface area contributed by atoms with Crippen LogP contribution < -0.4 is 20.1 Å². The minimum absolute atomic E-state index is 0.0461. The lowest BCUT2D eigenvalue weighted by Gasteiger charge is -2.21. The normalized spacial score (nSPS) is 16.5. The number of hydrogen-bond acceptors (Lipinski definition) is 4. The molecule has 0 radical (unpaired) electrons. The standard InChI is InChI=1S/C18H28N2O3/c1-5-22-16-10-7-14(11-17(16)23-6-2)12(3)19-13(4)18(21)20-15-8-9-15/h7,10-13,15,19H,5-6,8-9H2,1-4H3,(H,20,21)/t12-,13+/m1/s1. The van der Waals surface area contributed by atoms with Gasteiger partial charge in [-0.15, -0.1) is 0 Å². The van der Waals surface area contributed by atoms with E-state index >= 15 is 0 Å². The molecule has 0 spiro atoms. The van der Waals surface area contributed by atoms with Crippen molar-refractivity contribution < 1.29 is 14.3 Å². The lowest BCUT2D eigenvalue weighted by atomic mass is 10.1. The molecule has 5 heteroatoms. The second kappa shape index (κ2) is 8.20. The summed E-state index contributed by atoms with van der Waals surface area (Å²) in [6.45, 7) is 9.04. The van der Waals surface area contributed by atoms with Gasteiger partial charge in [0.2, 0.25) is 5.91 Å². The summed E-state index contributed by atoms with van der Waals surface area (Å²) in [5.74, 6) is 1.57. The number of carbonyl (C=O) groups excluding carboxylic acids is 1. The number of nitrogens with one attached hydrogen (secondary N) is 2. The Balaban J connectivity index is 2.00. The first-order valence-corrected chi connectivity index (χ1v) is 8.51. The van der Waals surface area contributed by atoms with Gasteiger partial charge in [0.05, 0.1) is 19.3 Å². The van der Waals surface area contributed by atoms with Gasteiger partial charge in [-0.1, -0.05) is 6.07 Å². The van der Waals surface area contributed by atoms with Gasteiger partial charge in [0.25, 0.3) is 0 Å². The third kappa shape index (κ3) is 5.13. The predicted octanol–water partition coefficient (Wildman–Crippen LogP) is 2.80. The first-order valence-electron chi connectivity index (χ1n) is 8.51. The van der Waals surface area contributed by atoms with E-state index < -0.39 is 0 Å². The molecule has 23 heavy (non-hydrogen) atoms. The van der Waals surface area contributed by atoms with Gasteiger partial charge in [0.1, 0.15) is 0 Å². The minimum Gasteiger partial charge on any atom is -0.490 e. The Morgan fingerprint density at radius 3 is 2.43 bits per heavy atom. The molecule has 1 aromatic carbocycles. The molecule has 2 atom stereocenters. The summed E-state index contributed by atoms with van der Waals surface area (Å²) in [7, 11) is 0. The summed E-state index contributed by atoms with van der Waals surface area (Å²) in [4.78, 5) is 12.1. The van der Waals surface area contributed by atoms with Crippen LogP contribution in [0.3, 0.4) is 0 Å². The van der Waals surface area contributed by atoms with E-state index in [9.17, 15) is 4.79 Å². The topological polar surface area (TPSA) is 59.6 Å². The quantitative estimate of drug-likeness (QED) is 0.734. The van der Waals surface area contributed by atoms with Gasteiger partial charge in [-0.25, -0.2) is 0 Å². The molecule has 1 aliphatic rings. The first kappa shape index (κ1) is 17.6. The van der Waals surface area contributed by atoms with Crippen molar-refractivity contribution in [2.24, 2.45) is 0 Å². The summed E-state index contributed by atoms with van der Waals surface area (Å²) in [6, 6.07) is 6.13. The van der Waals surface area contributed by atoms with Crippen molar-refractivity contribution in [3.63, 3.8) is 0 Å². The van der Waals surface area contributed by atoms with Crippen molar-refractivity contribution in [2.45, 2.75) is 58.7 Å². The van der Waals surface area contributed by atoms with Crippen molar-refractivity contribution in [3.05, 3.63) is 23.8 Å². The molecule has 1 aliphatic carbocycles. The Hall–Kier alpha value is -1.75. The molecule has 2 N–H and O–H groups in total. The van der Waals surface area contributed by atoms with Crippen LogP contribution in [0.5, 0.6) is 11.5 Å². The number of ether oxygens (including phenoxy) is 2. The van der Waals surface area contributed by atoms with E-state index in [1.165, 1.54) is 0 Å². The highest BCUT2D eigenvalue weighted by atomic mass is 16.5. The molecular weight excluding hydrogens is 292 g/mol. The molecule has 5 nitrogen and oxygen atoms in total. The van der Waals surface area contributed by atoms with E-state index in [-0.39, 0.29) is 18.0 Å². The molecule has 0 unspecified atom stereocenters. The van der Waals surface area contributed by atoms with Gasteiger partial charge in [0.15, 0.2) is 11.5 Å². The number of benzene rings is 1. The fraction of sp³-hybridized carbons (Fsp3) is 0.611. The first-order chi connectivity index (χ1) is 11.0. The maximum Gasteiger partial charge on any atom is 0.237 e. The minimum atomic E-state index is -0.229. The van der Waals surface area contributed by atoms with Gasteiger partial charge in [-0.05, 0) is 58.2 Å². The Kier molecular flexibility index (Phi) is 6.28. The van der Waals surface area contributed by atoms with Crippen LogP contribution in [0.25, 0.3) is 0 Å². The highest BCUT2D eigenvalue weighted by molar-refractivity contribution is 5.81. The fourth-order valence-electron chi connectivity index (χ4n) is 2.44. The highest BCUT2D eigenvalue weighted by Crippen LogP contribution is 2.30. The number of rotatable bonds is 9. The zero-order valence-electron chi connectivity index (χ0n) is 14.5. The van der Waals surface area contributed by atoms with Crippen LogP contribution in [0.1, 0.15) is 52.1 Å². The van der Waals surface area contributed by atoms with Crippen LogP contribution in [-0.2, 0) is 4.79 Å². The van der Waals surface area contributed by atoms with Crippen molar-refractivity contribution in [2.75, 3.05) is 13.2 Å². The second-order valence-corrected chi connectivity index (χ2v) is 5.97. The summed E-state index contributed by atoms with van der Waals surface area (Å²) in [6.07, 6.45) is 2.20.